The van der Waals surface area contributed by atoms with Crippen LogP contribution in [0.4, 0.5) is 0 Å². The smallest absolute Gasteiger partial charge is 0.301 e. The summed E-state index contributed by atoms with van der Waals surface area (Å²) in [5, 5.41) is 0. The van der Waals surface area contributed by atoms with Crippen LogP contribution in [0.5, 0.6) is 0 Å². The van der Waals surface area contributed by atoms with E-state index in [1.165, 1.54) is 19.1 Å². The van der Waals surface area contributed by atoms with Gasteiger partial charge in [0.25, 0.3) is 0 Å². The molecule has 17 heavy (non-hydrogen) atoms. The van der Waals surface area contributed by atoms with Crippen LogP contribution in [0.25, 0.3) is 0 Å². The number of nitrogen functional groups attached to an aromatic ring is 1. The first-order valence-corrected chi connectivity index (χ1v) is 6.04. The molecule has 1 amide bonds. The number of hydrazine groups is 1. The van der Waals surface area contributed by atoms with Crippen molar-refractivity contribution >= 4 is 5.91 Å². The zero-order chi connectivity index (χ0) is 12.3. The highest BCUT2D eigenvalue weighted by atomic mass is 16.3. The molecule has 1 aromatic heterocycles. The molecule has 0 spiro atoms. The minimum atomic E-state index is -0.368. The van der Waals surface area contributed by atoms with Gasteiger partial charge in [0.15, 0.2) is 5.76 Å². The van der Waals surface area contributed by atoms with Crippen LogP contribution >= 0.6 is 0 Å². The minimum Gasteiger partial charge on any atom is -0.459 e. The van der Waals surface area contributed by atoms with Crippen LogP contribution in [0.2, 0.25) is 0 Å². The van der Waals surface area contributed by atoms with Gasteiger partial charge in [0.2, 0.25) is 0 Å². The van der Waals surface area contributed by atoms with Crippen LogP contribution in [0, 0.1) is 5.92 Å². The van der Waals surface area contributed by atoms with E-state index < -0.39 is 0 Å². The van der Waals surface area contributed by atoms with Gasteiger partial charge < -0.3 is 4.42 Å². The normalized spacial score (nSPS) is 15.2. The zero-order valence-electron chi connectivity index (χ0n) is 10.1. The van der Waals surface area contributed by atoms with Gasteiger partial charge in [0.1, 0.15) is 0 Å². The molecule has 1 aliphatic rings. The second-order valence-electron chi connectivity index (χ2n) is 4.52. The summed E-state index contributed by atoms with van der Waals surface area (Å²) in [6.07, 6.45) is 4.20. The number of furan rings is 1. The molecule has 0 bridgehead atoms. The molecule has 94 valence electrons. The second kappa shape index (κ2) is 5.33. The van der Waals surface area contributed by atoms with Crippen LogP contribution in [-0.4, -0.2) is 23.9 Å². The van der Waals surface area contributed by atoms with Crippen molar-refractivity contribution in [3.63, 3.8) is 0 Å². The van der Waals surface area contributed by atoms with Crippen molar-refractivity contribution in [1.82, 2.24) is 10.3 Å². The monoisotopic (exact) mass is 237 g/mol. The molecule has 1 heterocycles. The summed E-state index contributed by atoms with van der Waals surface area (Å²) in [6.45, 7) is 4.95. The van der Waals surface area contributed by atoms with E-state index in [0.717, 1.165) is 31.1 Å². The summed E-state index contributed by atoms with van der Waals surface area (Å²) in [4.78, 5) is 13.8. The number of carbonyl (C=O) groups is 1. The van der Waals surface area contributed by atoms with Crippen molar-refractivity contribution < 1.29 is 9.21 Å². The maximum absolute atomic E-state index is 11.5. The maximum Gasteiger partial charge on any atom is 0.301 e. The van der Waals surface area contributed by atoms with Gasteiger partial charge in [-0.1, -0.05) is 6.92 Å². The summed E-state index contributed by atoms with van der Waals surface area (Å²) in [7, 11) is 0. The Hall–Kier alpha value is -1.33. The van der Waals surface area contributed by atoms with E-state index in [0.29, 0.717) is 5.76 Å². The Labute approximate surface area is 101 Å². The summed E-state index contributed by atoms with van der Waals surface area (Å²) in [5.74, 6) is 5.91. The van der Waals surface area contributed by atoms with E-state index in [4.69, 9.17) is 10.3 Å². The summed E-state index contributed by atoms with van der Waals surface area (Å²) >= 11 is 0. The third-order valence-electron chi connectivity index (χ3n) is 3.14. The van der Waals surface area contributed by atoms with Crippen molar-refractivity contribution in [3.8, 4) is 0 Å². The Morgan fingerprint density at radius 1 is 1.65 bits per heavy atom. The van der Waals surface area contributed by atoms with Crippen molar-refractivity contribution in [2.75, 3.05) is 13.1 Å². The maximum atomic E-state index is 11.5. The quantitative estimate of drug-likeness (QED) is 0.442. The largest absolute Gasteiger partial charge is 0.459 e. The van der Waals surface area contributed by atoms with E-state index in [9.17, 15) is 4.79 Å². The summed E-state index contributed by atoms with van der Waals surface area (Å²) in [5.41, 5.74) is 3.00. The number of rotatable bonds is 6. The van der Waals surface area contributed by atoms with Crippen LogP contribution in [0.3, 0.4) is 0 Å². The molecular formula is C12H19N3O2. The molecule has 0 aromatic carbocycles. The van der Waals surface area contributed by atoms with Crippen molar-refractivity contribution in [2.24, 2.45) is 11.8 Å². The van der Waals surface area contributed by atoms with Crippen LogP contribution < -0.4 is 11.3 Å². The lowest BCUT2D eigenvalue weighted by molar-refractivity contribution is 0.0923. The van der Waals surface area contributed by atoms with Crippen molar-refractivity contribution in [1.29, 1.82) is 0 Å². The van der Waals surface area contributed by atoms with E-state index in [-0.39, 0.29) is 5.91 Å². The van der Waals surface area contributed by atoms with Crippen LogP contribution in [0.1, 0.15) is 35.9 Å². The van der Waals surface area contributed by atoms with Gasteiger partial charge in [0, 0.05) is 18.7 Å². The van der Waals surface area contributed by atoms with E-state index >= 15 is 0 Å². The summed E-state index contributed by atoms with van der Waals surface area (Å²) in [6, 6.07) is 1.83. The first kappa shape index (κ1) is 12.1. The molecule has 2 rings (SSSR count). The fraction of sp³-hybridized carbons (Fsp3) is 0.583. The molecule has 1 aliphatic carbocycles. The van der Waals surface area contributed by atoms with Gasteiger partial charge >= 0.3 is 5.91 Å². The Balaban J connectivity index is 2.00. The van der Waals surface area contributed by atoms with Gasteiger partial charge in [-0.15, -0.1) is 0 Å². The molecule has 0 aliphatic heterocycles. The number of amides is 1. The Kier molecular flexibility index (Phi) is 3.81. The van der Waals surface area contributed by atoms with Gasteiger partial charge in [-0.05, 0) is 31.4 Å². The number of nitrogens with zero attached hydrogens (tertiary/aromatic N) is 1. The van der Waals surface area contributed by atoms with Gasteiger partial charge in [0.05, 0.1) is 6.26 Å². The first-order chi connectivity index (χ1) is 8.24. The summed E-state index contributed by atoms with van der Waals surface area (Å²) < 4.78 is 5.16. The molecule has 0 saturated heterocycles. The molecule has 5 nitrogen and oxygen atoms in total. The van der Waals surface area contributed by atoms with Crippen LogP contribution in [0.15, 0.2) is 16.7 Å². The van der Waals surface area contributed by atoms with Crippen LogP contribution in [-0.2, 0) is 6.54 Å². The molecule has 1 aromatic rings. The average Bonchev–Trinajstić information content (AvgIpc) is 3.04. The fourth-order valence-electron chi connectivity index (χ4n) is 1.94. The molecule has 0 atom stereocenters. The molecular weight excluding hydrogens is 218 g/mol. The zero-order valence-corrected chi connectivity index (χ0v) is 10.1. The average molecular weight is 237 g/mol. The Bertz CT molecular complexity index is 385. The van der Waals surface area contributed by atoms with Gasteiger partial charge in [-0.3, -0.25) is 15.1 Å². The number of nitrogens with two attached hydrogens (primary N) is 1. The fourth-order valence-corrected chi connectivity index (χ4v) is 1.94. The predicted molar refractivity (Wildman–Crippen MR) is 64.0 cm³/mol. The molecule has 1 saturated carbocycles. The van der Waals surface area contributed by atoms with Crippen molar-refractivity contribution in [3.05, 3.63) is 23.7 Å². The third kappa shape index (κ3) is 3.08. The molecule has 1 fully saturated rings. The van der Waals surface area contributed by atoms with Gasteiger partial charge in [-0.25, -0.2) is 5.84 Å². The minimum absolute atomic E-state index is 0.321. The molecule has 3 N–H and O–H groups in total. The van der Waals surface area contributed by atoms with E-state index in [1.807, 2.05) is 6.07 Å². The van der Waals surface area contributed by atoms with Crippen molar-refractivity contribution in [2.45, 2.75) is 26.3 Å². The first-order valence-electron chi connectivity index (χ1n) is 6.04. The number of nitrogens with one attached hydrogen (secondary N) is 1. The lowest BCUT2D eigenvalue weighted by Gasteiger charge is -2.19. The lowest BCUT2D eigenvalue weighted by Crippen LogP contribution is -2.31. The van der Waals surface area contributed by atoms with Gasteiger partial charge in [-0.2, -0.15) is 0 Å². The predicted octanol–water partition coefficient (Wildman–Crippen LogP) is 1.11. The number of hydrogen-bond donors (Lipinski definition) is 2. The standard InChI is InChI=1S/C12H19N3O2/c1-2-15(7-9-3-4-9)8-10-5-6-17-11(10)12(16)14-13/h5-6,9H,2-4,7-8,13H2,1H3,(H,14,16). The third-order valence-corrected chi connectivity index (χ3v) is 3.14. The molecule has 0 radical (unpaired) electrons. The Morgan fingerprint density at radius 2 is 2.41 bits per heavy atom. The van der Waals surface area contributed by atoms with E-state index in [1.54, 1.807) is 0 Å². The highest BCUT2D eigenvalue weighted by Crippen LogP contribution is 2.30. The SMILES string of the molecule is CCN(Cc1ccoc1C(=O)NN)CC1CC1. The molecule has 5 heteroatoms. The second-order valence-corrected chi connectivity index (χ2v) is 4.52. The van der Waals surface area contributed by atoms with E-state index in [2.05, 4.69) is 17.2 Å². The Morgan fingerprint density at radius 3 is 3.00 bits per heavy atom. The topological polar surface area (TPSA) is 71.5 Å². The molecule has 0 unspecified atom stereocenters. The number of carbonyl (C=O) groups excluding carboxylic acids is 1. The number of hydrogen-bond acceptors (Lipinski definition) is 4. The highest BCUT2D eigenvalue weighted by molar-refractivity contribution is 5.92. The lowest BCUT2D eigenvalue weighted by atomic mass is 10.2. The highest BCUT2D eigenvalue weighted by Gasteiger charge is 2.24.